The number of nitrogens with two attached hydrogens (primary N) is 1. The highest BCUT2D eigenvalue weighted by Crippen LogP contribution is 2.28. The normalized spacial score (nSPS) is 15.0. The van der Waals surface area contributed by atoms with E-state index in [4.69, 9.17) is 5.73 Å². The Kier molecular flexibility index (Phi) is 6.99. The van der Waals surface area contributed by atoms with Crippen molar-refractivity contribution in [2.24, 2.45) is 11.1 Å². The third kappa shape index (κ3) is 7.02. The number of aliphatic hydroxyl groups is 1. The van der Waals surface area contributed by atoms with Crippen molar-refractivity contribution in [1.82, 2.24) is 0 Å². The van der Waals surface area contributed by atoms with Crippen molar-refractivity contribution in [3.63, 3.8) is 0 Å². The van der Waals surface area contributed by atoms with Crippen molar-refractivity contribution >= 4 is 12.4 Å². The Labute approximate surface area is 128 Å². The summed E-state index contributed by atoms with van der Waals surface area (Å²) in [6.45, 7) is 5.89. The Bertz CT molecular complexity index is 429. The fourth-order valence-electron chi connectivity index (χ4n) is 1.62. The Morgan fingerprint density at radius 3 is 2.00 bits per heavy atom. The standard InChI is InChI=1S/C14H20F3NO2.ClH/c1-13(2,3)12(18)8-11(19)9-4-6-10(7-5-9)20-14(15,16)17;/h4-7,11-12,19H,8,18H2,1-3H3;1H/t11-,12-;/m0./s1. The molecule has 1 aromatic carbocycles. The van der Waals surface area contributed by atoms with E-state index in [-0.39, 0.29) is 29.6 Å². The van der Waals surface area contributed by atoms with Crippen LogP contribution in [0.3, 0.4) is 0 Å². The number of aliphatic hydroxyl groups excluding tert-OH is 1. The number of alkyl halides is 3. The first-order chi connectivity index (χ1) is 8.99. The van der Waals surface area contributed by atoms with Gasteiger partial charge in [-0.1, -0.05) is 32.9 Å². The Balaban J connectivity index is 0.00000400. The van der Waals surface area contributed by atoms with Crippen molar-refractivity contribution in [3.05, 3.63) is 29.8 Å². The van der Waals surface area contributed by atoms with Gasteiger partial charge in [-0.25, -0.2) is 0 Å². The van der Waals surface area contributed by atoms with E-state index < -0.39 is 12.5 Å². The number of hydrogen-bond donors (Lipinski definition) is 2. The van der Waals surface area contributed by atoms with E-state index in [9.17, 15) is 18.3 Å². The molecule has 7 heteroatoms. The highest BCUT2D eigenvalue weighted by atomic mass is 35.5. The van der Waals surface area contributed by atoms with Gasteiger partial charge in [0, 0.05) is 6.04 Å². The van der Waals surface area contributed by atoms with Crippen LogP contribution in [-0.2, 0) is 0 Å². The van der Waals surface area contributed by atoms with Crippen LogP contribution >= 0.6 is 12.4 Å². The van der Waals surface area contributed by atoms with Gasteiger partial charge in [0.05, 0.1) is 6.10 Å². The molecule has 2 atom stereocenters. The second-order valence-corrected chi connectivity index (χ2v) is 5.84. The van der Waals surface area contributed by atoms with Crippen LogP contribution in [0.15, 0.2) is 24.3 Å². The smallest absolute Gasteiger partial charge is 0.406 e. The molecule has 122 valence electrons. The van der Waals surface area contributed by atoms with Crippen molar-refractivity contribution in [2.45, 2.75) is 45.7 Å². The van der Waals surface area contributed by atoms with Crippen LogP contribution in [0.25, 0.3) is 0 Å². The maximum absolute atomic E-state index is 12.0. The summed E-state index contributed by atoms with van der Waals surface area (Å²) in [5, 5.41) is 10.0. The van der Waals surface area contributed by atoms with E-state index in [1.54, 1.807) is 0 Å². The van der Waals surface area contributed by atoms with Gasteiger partial charge in [0.1, 0.15) is 5.75 Å². The molecule has 0 fully saturated rings. The van der Waals surface area contributed by atoms with Gasteiger partial charge < -0.3 is 15.6 Å². The molecule has 3 nitrogen and oxygen atoms in total. The molecular formula is C14H21ClF3NO2. The van der Waals surface area contributed by atoms with Crippen molar-refractivity contribution in [2.75, 3.05) is 0 Å². The van der Waals surface area contributed by atoms with E-state index in [1.807, 2.05) is 20.8 Å². The van der Waals surface area contributed by atoms with Crippen LogP contribution in [0.4, 0.5) is 13.2 Å². The zero-order valence-corrected chi connectivity index (χ0v) is 13.0. The van der Waals surface area contributed by atoms with Crippen molar-refractivity contribution < 1.29 is 23.0 Å². The molecule has 0 aromatic heterocycles. The number of hydrogen-bond acceptors (Lipinski definition) is 3. The summed E-state index contributed by atoms with van der Waals surface area (Å²) >= 11 is 0. The van der Waals surface area contributed by atoms with E-state index in [2.05, 4.69) is 4.74 Å². The van der Waals surface area contributed by atoms with E-state index in [0.29, 0.717) is 12.0 Å². The maximum Gasteiger partial charge on any atom is 0.573 e. The van der Waals surface area contributed by atoms with Crippen LogP contribution in [0.5, 0.6) is 5.75 Å². The predicted molar refractivity (Wildman–Crippen MR) is 77.4 cm³/mol. The first kappa shape index (κ1) is 20.0. The molecule has 0 bridgehead atoms. The molecule has 1 aromatic rings. The molecule has 0 radical (unpaired) electrons. The second kappa shape index (κ2) is 7.33. The fraction of sp³-hybridized carbons (Fsp3) is 0.571. The van der Waals surface area contributed by atoms with Gasteiger partial charge in [-0.15, -0.1) is 25.6 Å². The molecule has 21 heavy (non-hydrogen) atoms. The summed E-state index contributed by atoms with van der Waals surface area (Å²) in [6, 6.07) is 4.94. The quantitative estimate of drug-likeness (QED) is 0.884. The fourth-order valence-corrected chi connectivity index (χ4v) is 1.62. The van der Waals surface area contributed by atoms with Gasteiger partial charge in [0.15, 0.2) is 0 Å². The van der Waals surface area contributed by atoms with Crippen LogP contribution in [0.2, 0.25) is 0 Å². The first-order valence-corrected chi connectivity index (χ1v) is 6.28. The average molecular weight is 328 g/mol. The largest absolute Gasteiger partial charge is 0.573 e. The molecule has 3 N–H and O–H groups in total. The zero-order valence-electron chi connectivity index (χ0n) is 12.1. The Hall–Kier alpha value is -0.980. The molecule has 0 spiro atoms. The summed E-state index contributed by atoms with van der Waals surface area (Å²) in [7, 11) is 0. The summed E-state index contributed by atoms with van der Waals surface area (Å²) in [5.74, 6) is -0.312. The number of halogens is 4. The topological polar surface area (TPSA) is 55.5 Å². The third-order valence-corrected chi connectivity index (χ3v) is 3.09. The minimum Gasteiger partial charge on any atom is -0.406 e. The van der Waals surface area contributed by atoms with Crippen LogP contribution in [0, 0.1) is 5.41 Å². The Morgan fingerprint density at radius 1 is 1.14 bits per heavy atom. The SMILES string of the molecule is CC(C)(C)[C@@H](N)C[C@H](O)c1ccc(OC(F)(F)F)cc1.Cl. The maximum atomic E-state index is 12.0. The van der Waals surface area contributed by atoms with Gasteiger partial charge in [0.25, 0.3) is 0 Å². The highest BCUT2D eigenvalue weighted by molar-refractivity contribution is 5.85. The summed E-state index contributed by atoms with van der Waals surface area (Å²) in [5.41, 5.74) is 6.33. The van der Waals surface area contributed by atoms with Crippen LogP contribution in [-0.4, -0.2) is 17.5 Å². The number of rotatable bonds is 4. The molecule has 0 unspecified atom stereocenters. The molecule has 1 rings (SSSR count). The van der Waals surface area contributed by atoms with Crippen molar-refractivity contribution in [1.29, 1.82) is 0 Å². The monoisotopic (exact) mass is 327 g/mol. The molecule has 0 saturated carbocycles. The van der Waals surface area contributed by atoms with Crippen LogP contribution < -0.4 is 10.5 Å². The lowest BCUT2D eigenvalue weighted by molar-refractivity contribution is -0.274. The predicted octanol–water partition coefficient (Wildman–Crippen LogP) is 3.80. The zero-order chi connectivity index (χ0) is 15.6. The molecule has 0 heterocycles. The second-order valence-electron chi connectivity index (χ2n) is 5.84. The average Bonchev–Trinajstić information content (AvgIpc) is 2.26. The van der Waals surface area contributed by atoms with Gasteiger partial charge in [-0.05, 0) is 29.5 Å². The third-order valence-electron chi connectivity index (χ3n) is 3.09. The minimum atomic E-state index is -4.71. The lowest BCUT2D eigenvalue weighted by Crippen LogP contribution is -2.36. The summed E-state index contributed by atoms with van der Waals surface area (Å²) in [4.78, 5) is 0. The minimum absolute atomic E-state index is 0. The van der Waals surface area contributed by atoms with E-state index >= 15 is 0 Å². The molecule has 0 aliphatic heterocycles. The van der Waals surface area contributed by atoms with Gasteiger partial charge in [-0.3, -0.25) is 0 Å². The summed E-state index contributed by atoms with van der Waals surface area (Å²) in [6.07, 6.45) is -5.19. The lowest BCUT2D eigenvalue weighted by atomic mass is 9.83. The highest BCUT2D eigenvalue weighted by Gasteiger charge is 2.31. The number of ether oxygens (including phenoxy) is 1. The summed E-state index contributed by atoms with van der Waals surface area (Å²) < 4.78 is 39.8. The van der Waals surface area contributed by atoms with Gasteiger partial charge in [0.2, 0.25) is 0 Å². The van der Waals surface area contributed by atoms with E-state index in [1.165, 1.54) is 24.3 Å². The molecule has 0 aliphatic carbocycles. The molecular weight excluding hydrogens is 307 g/mol. The van der Waals surface area contributed by atoms with Crippen molar-refractivity contribution in [3.8, 4) is 5.75 Å². The van der Waals surface area contributed by atoms with Crippen LogP contribution in [0.1, 0.15) is 38.9 Å². The van der Waals surface area contributed by atoms with E-state index in [0.717, 1.165) is 0 Å². The molecule has 0 saturated heterocycles. The lowest BCUT2D eigenvalue weighted by Gasteiger charge is -2.29. The van der Waals surface area contributed by atoms with Gasteiger partial charge >= 0.3 is 6.36 Å². The Morgan fingerprint density at radius 2 is 1.62 bits per heavy atom. The van der Waals surface area contributed by atoms with Gasteiger partial charge in [-0.2, -0.15) is 0 Å². The molecule has 0 aliphatic rings. The number of benzene rings is 1. The molecule has 0 amide bonds. The first-order valence-electron chi connectivity index (χ1n) is 6.28.